The van der Waals surface area contributed by atoms with Gasteiger partial charge in [-0.05, 0) is 106 Å². The fourth-order valence-electron chi connectivity index (χ4n) is 14.3. The summed E-state index contributed by atoms with van der Waals surface area (Å²) in [4.78, 5) is 0. The maximum Gasteiger partial charge on any atom is 0.252 e. The van der Waals surface area contributed by atoms with Crippen LogP contribution in [0.3, 0.4) is 0 Å². The second kappa shape index (κ2) is 10.9. The van der Waals surface area contributed by atoms with E-state index >= 15 is 0 Å². The Morgan fingerprint density at radius 3 is 0.985 bits per heavy atom. The van der Waals surface area contributed by atoms with Gasteiger partial charge >= 0.3 is 0 Å². The van der Waals surface area contributed by atoms with Gasteiger partial charge in [0.2, 0.25) is 0 Å². The standard InChI is InChI=1S/C60H30B2N4S/c1-7-19-45-31(13-1)37-25-39-33-15-3-9-21-47(33)65-51-27-35-36-28-52-44(30-54(36)67-53(35)29-43(51)61-41-17-5-11-23-49(41)63(45)57(37)55(61)59(39)65)62-42-18-6-12-24-50(42)64-46-20-8-2-14-32(46)38-26-40-34-16-4-10-22-48(34)66(52)60(40)56(62)58(38)64/h1-30H. The zero-order valence-electron chi connectivity index (χ0n) is 35.7. The van der Waals surface area contributed by atoms with Crippen molar-refractivity contribution in [3.8, 4) is 22.7 Å². The lowest BCUT2D eigenvalue weighted by molar-refractivity contribution is 1.17. The third-order valence-corrected chi connectivity index (χ3v) is 17.8. The molecule has 19 rings (SSSR count). The first-order chi connectivity index (χ1) is 33.3. The van der Waals surface area contributed by atoms with Gasteiger partial charge < -0.3 is 18.3 Å². The summed E-state index contributed by atoms with van der Waals surface area (Å²) >= 11 is 1.97. The fourth-order valence-corrected chi connectivity index (χ4v) is 15.5. The van der Waals surface area contributed by atoms with Gasteiger partial charge in [-0.15, -0.1) is 11.3 Å². The van der Waals surface area contributed by atoms with Crippen LogP contribution in [0, 0.1) is 0 Å². The maximum atomic E-state index is 2.63. The van der Waals surface area contributed by atoms with Gasteiger partial charge in [-0.25, -0.2) is 0 Å². The summed E-state index contributed by atoms with van der Waals surface area (Å²) in [6, 6.07) is 70.0. The summed E-state index contributed by atoms with van der Waals surface area (Å²) in [5, 5.41) is 13.3. The first-order valence-electron chi connectivity index (χ1n) is 23.5. The third-order valence-electron chi connectivity index (χ3n) is 16.7. The molecule has 5 aromatic heterocycles. The van der Waals surface area contributed by atoms with Crippen LogP contribution in [0.4, 0.5) is 0 Å². The second-order valence-electron chi connectivity index (χ2n) is 19.5. The van der Waals surface area contributed by atoms with Crippen molar-refractivity contribution < 1.29 is 0 Å². The number of hydrogen-bond donors (Lipinski definition) is 0. The molecule has 15 aromatic rings. The van der Waals surface area contributed by atoms with Gasteiger partial charge in [0, 0.05) is 86.0 Å². The van der Waals surface area contributed by atoms with Crippen LogP contribution in [0.1, 0.15) is 0 Å². The molecule has 0 N–H and O–H groups in total. The van der Waals surface area contributed by atoms with E-state index in [-0.39, 0.29) is 13.4 Å². The Bertz CT molecular complexity index is 4650. The molecular weight excluding hydrogens is 830 g/mol. The minimum absolute atomic E-state index is 0.0933. The van der Waals surface area contributed by atoms with Gasteiger partial charge in [-0.2, -0.15) is 0 Å². The van der Waals surface area contributed by atoms with Crippen LogP contribution in [-0.4, -0.2) is 31.7 Å². The van der Waals surface area contributed by atoms with E-state index in [1.165, 1.54) is 163 Å². The van der Waals surface area contributed by atoms with Crippen molar-refractivity contribution in [3.63, 3.8) is 0 Å². The molecule has 9 heterocycles. The van der Waals surface area contributed by atoms with E-state index in [0.717, 1.165) is 0 Å². The third kappa shape index (κ3) is 3.52. The predicted molar refractivity (Wildman–Crippen MR) is 286 cm³/mol. The molecule has 0 radical (unpaired) electrons. The normalized spacial score (nSPS) is 13.9. The molecule has 4 nitrogen and oxygen atoms in total. The molecule has 0 amide bonds. The Labute approximate surface area is 385 Å². The molecule has 4 aliphatic heterocycles. The van der Waals surface area contributed by atoms with E-state index in [0.29, 0.717) is 0 Å². The Kier molecular flexibility index (Phi) is 5.40. The Morgan fingerprint density at radius 1 is 0.269 bits per heavy atom. The topological polar surface area (TPSA) is 19.7 Å². The smallest absolute Gasteiger partial charge is 0.252 e. The van der Waals surface area contributed by atoms with Crippen molar-refractivity contribution in [1.82, 2.24) is 18.3 Å². The molecule has 0 atom stereocenters. The van der Waals surface area contributed by atoms with Crippen LogP contribution >= 0.6 is 11.3 Å². The number of rotatable bonds is 0. The molecule has 10 aromatic carbocycles. The second-order valence-corrected chi connectivity index (χ2v) is 20.6. The number of aromatic nitrogens is 4. The lowest BCUT2D eigenvalue weighted by Crippen LogP contribution is -2.59. The number of hydrogen-bond acceptors (Lipinski definition) is 1. The summed E-state index contributed by atoms with van der Waals surface area (Å²) in [6.07, 6.45) is 0. The van der Waals surface area contributed by atoms with E-state index in [2.05, 4.69) is 200 Å². The quantitative estimate of drug-likeness (QED) is 0.135. The molecule has 0 unspecified atom stereocenters. The van der Waals surface area contributed by atoms with Crippen LogP contribution in [0.25, 0.3) is 130 Å². The first-order valence-corrected chi connectivity index (χ1v) is 24.3. The Morgan fingerprint density at radius 2 is 0.597 bits per heavy atom. The van der Waals surface area contributed by atoms with Crippen LogP contribution in [0.15, 0.2) is 182 Å². The lowest BCUT2D eigenvalue weighted by Gasteiger charge is -2.33. The average molecular weight is 861 g/mol. The summed E-state index contributed by atoms with van der Waals surface area (Å²) in [6.45, 7) is 0.187. The van der Waals surface area contributed by atoms with Crippen molar-refractivity contribution in [2.24, 2.45) is 0 Å². The van der Waals surface area contributed by atoms with Crippen molar-refractivity contribution in [2.75, 3.05) is 0 Å². The lowest BCUT2D eigenvalue weighted by atomic mass is 9.34. The number of thiophene rings is 1. The van der Waals surface area contributed by atoms with Gasteiger partial charge in [0.1, 0.15) is 0 Å². The molecule has 4 aliphatic rings. The number of para-hydroxylation sites is 6. The SMILES string of the molecule is c1ccc2c(c1)B1c3cc4sc5cc6c(cc5c4cc3-n3c4ccccc4c4cc5c7ccccc7n-2c5c1c43)-n1c2ccccc2c2cc3c4ccccc4n4c3c(c21)B6c1ccccc1-4. The van der Waals surface area contributed by atoms with Crippen LogP contribution < -0.4 is 32.8 Å². The van der Waals surface area contributed by atoms with Crippen molar-refractivity contribution in [2.45, 2.75) is 0 Å². The summed E-state index contributed by atoms with van der Waals surface area (Å²) in [5.41, 5.74) is 24.0. The fraction of sp³-hybridized carbons (Fsp3) is 0. The summed E-state index contributed by atoms with van der Waals surface area (Å²) < 4.78 is 13.1. The van der Waals surface area contributed by atoms with Crippen molar-refractivity contribution in [1.29, 1.82) is 0 Å². The minimum Gasteiger partial charge on any atom is -0.310 e. The summed E-state index contributed by atoms with van der Waals surface area (Å²) in [7, 11) is 0. The van der Waals surface area contributed by atoms with E-state index in [1.807, 2.05) is 11.3 Å². The van der Waals surface area contributed by atoms with Gasteiger partial charge in [-0.1, -0.05) is 109 Å². The van der Waals surface area contributed by atoms with E-state index < -0.39 is 0 Å². The van der Waals surface area contributed by atoms with Gasteiger partial charge in [0.25, 0.3) is 13.4 Å². The predicted octanol–water partition coefficient (Wildman–Crippen LogP) is 10.7. The van der Waals surface area contributed by atoms with Gasteiger partial charge in [0.05, 0.1) is 44.1 Å². The molecule has 302 valence electrons. The molecule has 0 saturated heterocycles. The van der Waals surface area contributed by atoms with Crippen LogP contribution in [0.5, 0.6) is 0 Å². The van der Waals surface area contributed by atoms with Crippen LogP contribution in [0.2, 0.25) is 0 Å². The molecule has 0 saturated carbocycles. The van der Waals surface area contributed by atoms with E-state index in [1.54, 1.807) is 0 Å². The maximum absolute atomic E-state index is 2.63. The van der Waals surface area contributed by atoms with E-state index in [4.69, 9.17) is 0 Å². The highest BCUT2D eigenvalue weighted by Crippen LogP contribution is 2.46. The van der Waals surface area contributed by atoms with Gasteiger partial charge in [0.15, 0.2) is 0 Å². The Balaban J connectivity index is 0.965. The highest BCUT2D eigenvalue weighted by molar-refractivity contribution is 7.26. The Hall–Kier alpha value is -8.25. The molecule has 67 heavy (non-hydrogen) atoms. The highest BCUT2D eigenvalue weighted by atomic mass is 32.1. The minimum atomic E-state index is 0.0933. The molecular formula is C60H30B2N4S. The van der Waals surface area contributed by atoms with Crippen molar-refractivity contribution in [3.05, 3.63) is 182 Å². The van der Waals surface area contributed by atoms with Gasteiger partial charge in [-0.3, -0.25) is 0 Å². The first kappa shape index (κ1) is 33.3. The highest BCUT2D eigenvalue weighted by Gasteiger charge is 2.43. The molecule has 0 bridgehead atoms. The zero-order chi connectivity index (χ0) is 42.7. The molecule has 0 aliphatic carbocycles. The molecule has 0 fully saturated rings. The molecule has 0 spiro atoms. The zero-order valence-corrected chi connectivity index (χ0v) is 36.5. The largest absolute Gasteiger partial charge is 0.310 e. The number of nitrogens with zero attached hydrogens (tertiary/aromatic N) is 4. The molecule has 7 heteroatoms. The average Bonchev–Trinajstić information content (AvgIpc) is 4.18. The summed E-state index contributed by atoms with van der Waals surface area (Å²) in [5.74, 6) is 0. The van der Waals surface area contributed by atoms with E-state index in [9.17, 15) is 0 Å². The number of benzene rings is 10. The monoisotopic (exact) mass is 860 g/mol. The number of fused-ring (bicyclic) bond motifs is 27. The van der Waals surface area contributed by atoms with Crippen molar-refractivity contribution >= 4 is 165 Å². The van der Waals surface area contributed by atoms with Crippen LogP contribution in [-0.2, 0) is 0 Å².